The molecular weight excluding hydrogens is 212 g/mol. The molecule has 0 aromatic heterocycles. The predicted octanol–water partition coefficient (Wildman–Crippen LogP) is 6.12. The van der Waals surface area contributed by atoms with Gasteiger partial charge in [0.15, 0.2) is 0 Å². The van der Waals surface area contributed by atoms with E-state index in [0.29, 0.717) is 0 Å². The number of hydrogen-bond donors (Lipinski definition) is 0. The van der Waals surface area contributed by atoms with Crippen LogP contribution in [0.4, 0.5) is 0 Å². The van der Waals surface area contributed by atoms with Gasteiger partial charge in [0, 0.05) is 0 Å². The van der Waals surface area contributed by atoms with Crippen LogP contribution in [0.3, 0.4) is 0 Å². The minimum Gasteiger partial charge on any atom is -0.166 e. The fraction of sp³-hybridized carbons (Fsp3) is 0.600. The average molecular weight is 244 g/mol. The standard InChI is InChI=1S/C5H10.C5H8.C3H8S.C2H6/c2*1-3-5-4-2;1-3-4-2;1-2/h3,5H,4H2,1-2H3;3-4H,1-2,5H2;3H2,1-2H3;1-2H3/b5-3-;;;. The van der Waals surface area contributed by atoms with E-state index in [1.54, 1.807) is 0 Å². The second-order valence-electron chi connectivity index (χ2n) is 2.37. The van der Waals surface area contributed by atoms with Crippen molar-refractivity contribution in [3.8, 4) is 0 Å². The maximum absolute atomic E-state index is 3.48. The van der Waals surface area contributed by atoms with Gasteiger partial charge in [0.1, 0.15) is 0 Å². The third-order valence-corrected chi connectivity index (χ3v) is 1.67. The van der Waals surface area contributed by atoms with Crippen LogP contribution in [0.5, 0.6) is 0 Å². The van der Waals surface area contributed by atoms with Gasteiger partial charge in [0.05, 0.1) is 0 Å². The molecule has 0 rings (SSSR count). The maximum Gasteiger partial charge on any atom is -0.00988 e. The Labute approximate surface area is 109 Å². The van der Waals surface area contributed by atoms with Crippen molar-refractivity contribution >= 4 is 11.8 Å². The van der Waals surface area contributed by atoms with Crippen LogP contribution in [-0.4, -0.2) is 12.0 Å². The molecule has 0 nitrogen and oxygen atoms in total. The Kier molecular flexibility index (Phi) is 72.3. The van der Waals surface area contributed by atoms with Crippen LogP contribution in [0.1, 0.15) is 47.5 Å². The highest BCUT2D eigenvalue weighted by molar-refractivity contribution is 7.98. The van der Waals surface area contributed by atoms with Crippen molar-refractivity contribution < 1.29 is 0 Å². The third-order valence-electron chi connectivity index (χ3n) is 1.09. The summed E-state index contributed by atoms with van der Waals surface area (Å²) >= 11 is 1.86. The van der Waals surface area contributed by atoms with Crippen molar-refractivity contribution in [2.24, 2.45) is 0 Å². The highest BCUT2D eigenvalue weighted by Gasteiger charge is 1.55. The van der Waals surface area contributed by atoms with Gasteiger partial charge >= 0.3 is 0 Å². The summed E-state index contributed by atoms with van der Waals surface area (Å²) in [7, 11) is 0. The summed E-state index contributed by atoms with van der Waals surface area (Å²) in [5, 5.41) is 0. The molecule has 0 amide bonds. The molecular formula is C15H32S. The molecule has 0 fully saturated rings. The minimum atomic E-state index is 0.917. The fourth-order valence-corrected chi connectivity index (χ4v) is 0.354. The molecule has 0 radical (unpaired) electrons. The van der Waals surface area contributed by atoms with Crippen molar-refractivity contribution in [3.63, 3.8) is 0 Å². The van der Waals surface area contributed by atoms with E-state index in [-0.39, 0.29) is 0 Å². The highest BCUT2D eigenvalue weighted by Crippen LogP contribution is 1.83. The zero-order valence-electron chi connectivity index (χ0n) is 12.3. The molecule has 0 atom stereocenters. The second kappa shape index (κ2) is 46.8. The molecule has 16 heavy (non-hydrogen) atoms. The van der Waals surface area contributed by atoms with Gasteiger partial charge in [0.2, 0.25) is 0 Å². The maximum atomic E-state index is 3.48. The summed E-state index contributed by atoms with van der Waals surface area (Å²) in [6, 6.07) is 0. The van der Waals surface area contributed by atoms with Crippen LogP contribution in [0.25, 0.3) is 0 Å². The van der Waals surface area contributed by atoms with E-state index in [2.05, 4.69) is 45.4 Å². The summed E-state index contributed by atoms with van der Waals surface area (Å²) in [5.41, 5.74) is 0. The monoisotopic (exact) mass is 244 g/mol. The minimum absolute atomic E-state index is 0.917. The van der Waals surface area contributed by atoms with Crippen molar-refractivity contribution in [1.29, 1.82) is 0 Å². The van der Waals surface area contributed by atoms with Gasteiger partial charge in [-0.05, 0) is 31.8 Å². The summed E-state index contributed by atoms with van der Waals surface area (Å²) < 4.78 is 0. The molecule has 0 bridgehead atoms. The number of hydrogen-bond acceptors (Lipinski definition) is 1. The Hall–Kier alpha value is -0.430. The van der Waals surface area contributed by atoms with Gasteiger partial charge in [-0.1, -0.05) is 52.0 Å². The molecule has 0 aliphatic heterocycles. The quantitative estimate of drug-likeness (QED) is 0.537. The molecule has 0 spiro atoms. The van der Waals surface area contributed by atoms with E-state index in [1.165, 1.54) is 5.75 Å². The molecule has 0 unspecified atom stereocenters. The Balaban J connectivity index is -0.0000000629. The Morgan fingerprint density at radius 1 is 1.06 bits per heavy atom. The van der Waals surface area contributed by atoms with Crippen LogP contribution < -0.4 is 0 Å². The molecule has 0 aliphatic carbocycles. The van der Waals surface area contributed by atoms with Gasteiger partial charge < -0.3 is 0 Å². The lowest BCUT2D eigenvalue weighted by atomic mass is 10.4. The van der Waals surface area contributed by atoms with Crippen LogP contribution in [0, 0.1) is 0 Å². The molecule has 0 aliphatic rings. The van der Waals surface area contributed by atoms with Crippen molar-refractivity contribution in [2.75, 3.05) is 12.0 Å². The summed E-state index contributed by atoms with van der Waals surface area (Å²) in [4.78, 5) is 0. The largest absolute Gasteiger partial charge is 0.166 e. The zero-order valence-corrected chi connectivity index (χ0v) is 13.1. The number of rotatable bonds is 4. The van der Waals surface area contributed by atoms with Crippen molar-refractivity contribution in [2.45, 2.75) is 47.5 Å². The first-order valence-corrected chi connectivity index (χ1v) is 7.46. The summed E-state index contributed by atoms with van der Waals surface area (Å²) in [6.07, 6.45) is 12.0. The number of allylic oxidation sites excluding steroid dienone is 4. The molecule has 98 valence electrons. The molecule has 0 saturated heterocycles. The van der Waals surface area contributed by atoms with Crippen LogP contribution in [0.15, 0.2) is 37.5 Å². The first-order chi connectivity index (χ1) is 7.74. The fourth-order valence-electron chi connectivity index (χ4n) is 0.354. The smallest absolute Gasteiger partial charge is 0.00988 e. The van der Waals surface area contributed by atoms with Gasteiger partial charge in [0.25, 0.3) is 0 Å². The lowest BCUT2D eigenvalue weighted by Gasteiger charge is -1.69. The Morgan fingerprint density at radius 3 is 1.44 bits per heavy atom. The normalized spacial score (nSPS) is 7.38. The van der Waals surface area contributed by atoms with Crippen molar-refractivity contribution in [1.82, 2.24) is 0 Å². The van der Waals surface area contributed by atoms with Crippen LogP contribution >= 0.6 is 11.8 Å². The van der Waals surface area contributed by atoms with Gasteiger partial charge in [-0.15, -0.1) is 13.2 Å². The first kappa shape index (κ1) is 24.7. The predicted molar refractivity (Wildman–Crippen MR) is 85.5 cm³/mol. The highest BCUT2D eigenvalue weighted by atomic mass is 32.2. The van der Waals surface area contributed by atoms with E-state index >= 15 is 0 Å². The molecule has 0 aromatic rings. The topological polar surface area (TPSA) is 0 Å². The summed E-state index contributed by atoms with van der Waals surface area (Å²) in [6.45, 7) is 17.3. The van der Waals surface area contributed by atoms with E-state index in [4.69, 9.17) is 0 Å². The van der Waals surface area contributed by atoms with E-state index in [0.717, 1.165) is 12.8 Å². The van der Waals surface area contributed by atoms with Crippen LogP contribution in [0.2, 0.25) is 0 Å². The lowest BCUT2D eigenvalue weighted by molar-refractivity contribution is 1.22. The molecule has 0 heterocycles. The molecule has 0 saturated carbocycles. The van der Waals surface area contributed by atoms with Gasteiger partial charge in [-0.3, -0.25) is 0 Å². The van der Waals surface area contributed by atoms with Crippen molar-refractivity contribution in [3.05, 3.63) is 37.5 Å². The summed E-state index contributed by atoms with van der Waals surface area (Å²) in [5.74, 6) is 1.24. The molecule has 0 aromatic carbocycles. The second-order valence-corrected chi connectivity index (χ2v) is 3.52. The molecule has 1 heteroatoms. The average Bonchev–Trinajstić information content (AvgIpc) is 2.35. The first-order valence-electron chi connectivity index (χ1n) is 6.06. The third kappa shape index (κ3) is 103. The van der Waals surface area contributed by atoms with E-state index in [9.17, 15) is 0 Å². The zero-order chi connectivity index (χ0) is 13.7. The van der Waals surface area contributed by atoms with Crippen LogP contribution in [-0.2, 0) is 0 Å². The van der Waals surface area contributed by atoms with Gasteiger partial charge in [-0.2, -0.15) is 11.8 Å². The lowest BCUT2D eigenvalue weighted by Crippen LogP contribution is -1.52. The van der Waals surface area contributed by atoms with Gasteiger partial charge in [-0.25, -0.2) is 0 Å². The van der Waals surface area contributed by atoms with E-state index in [1.807, 2.05) is 44.7 Å². The Morgan fingerprint density at radius 2 is 1.44 bits per heavy atom. The number of thioether (sulfide) groups is 1. The Bertz CT molecular complexity index is 107. The van der Waals surface area contributed by atoms with E-state index < -0.39 is 0 Å². The SMILES string of the molecule is C/C=C\CC.C=CCC=C.CC.CCSC. The molecule has 0 N–H and O–H groups in total.